The monoisotopic (exact) mass is 256 g/mol. The third kappa shape index (κ3) is 12.6. The zero-order valence-corrected chi connectivity index (χ0v) is 12.9. The van der Waals surface area contributed by atoms with Crippen molar-refractivity contribution in [2.75, 3.05) is 20.1 Å². The molecule has 0 aromatic carbocycles. The average Bonchev–Trinajstić information content (AvgIpc) is 2.45. The zero-order chi connectivity index (χ0) is 15.0. The van der Waals surface area contributed by atoms with Gasteiger partial charge < -0.3 is 10.2 Å². The Bertz CT molecular complexity index is 259. The summed E-state index contributed by atoms with van der Waals surface area (Å²) in [6, 6.07) is 0. The van der Waals surface area contributed by atoms with Gasteiger partial charge in [0.05, 0.1) is 0 Å². The third-order valence-electron chi connectivity index (χ3n) is 1.83. The number of hydrogen-bond donors (Lipinski definition) is 1. The number of amides is 2. The van der Waals surface area contributed by atoms with Crippen LogP contribution in [-0.2, 0) is 9.59 Å². The highest BCUT2D eigenvalue weighted by Crippen LogP contribution is 1.91. The van der Waals surface area contributed by atoms with E-state index < -0.39 is 11.8 Å². The molecule has 0 aliphatic heterocycles. The molecule has 18 heavy (non-hydrogen) atoms. The van der Waals surface area contributed by atoms with Gasteiger partial charge in [-0.25, -0.2) is 0 Å². The van der Waals surface area contributed by atoms with Crippen LogP contribution in [0.5, 0.6) is 0 Å². The number of carbonyl (C=O) groups is 2. The lowest BCUT2D eigenvalue weighted by Gasteiger charge is -2.18. The molecule has 0 rings (SSSR count). The maximum absolute atomic E-state index is 11.2. The van der Waals surface area contributed by atoms with Crippen molar-refractivity contribution in [3.63, 3.8) is 0 Å². The van der Waals surface area contributed by atoms with Gasteiger partial charge in [0, 0.05) is 20.1 Å². The van der Waals surface area contributed by atoms with Gasteiger partial charge in [0.25, 0.3) is 0 Å². The van der Waals surface area contributed by atoms with E-state index in [1.807, 2.05) is 41.5 Å². The Kier molecular flexibility index (Phi) is 21.6. The molecule has 0 unspecified atom stereocenters. The molecule has 0 heterocycles. The van der Waals surface area contributed by atoms with Crippen molar-refractivity contribution in [2.45, 2.75) is 48.0 Å². The highest BCUT2D eigenvalue weighted by Gasteiger charge is 2.17. The fourth-order valence-corrected chi connectivity index (χ4v) is 0.924. The molecule has 0 aliphatic rings. The summed E-state index contributed by atoms with van der Waals surface area (Å²) < 4.78 is 0. The molecule has 2 amide bonds. The second-order valence-electron chi connectivity index (χ2n) is 2.96. The molecule has 0 bridgehead atoms. The maximum Gasteiger partial charge on any atom is 0.311 e. The third-order valence-corrected chi connectivity index (χ3v) is 1.83. The van der Waals surface area contributed by atoms with Crippen molar-refractivity contribution in [2.24, 2.45) is 0 Å². The first-order valence-corrected chi connectivity index (χ1v) is 6.43. The van der Waals surface area contributed by atoms with Gasteiger partial charge in [-0.15, -0.1) is 11.8 Å². The number of likely N-dealkylation sites (N-methyl/N-ethyl adjacent to an activating group) is 2. The number of carbonyl (C=O) groups excluding carboxylic acids is 2. The van der Waals surface area contributed by atoms with Crippen LogP contribution in [-0.4, -0.2) is 36.9 Å². The SMILES string of the molecule is CC.CC#CC.CCCN(CC)C(=O)C(=O)NC. The van der Waals surface area contributed by atoms with Crippen LogP contribution in [0.1, 0.15) is 48.0 Å². The largest absolute Gasteiger partial charge is 0.351 e. The fourth-order valence-electron chi connectivity index (χ4n) is 0.924. The first kappa shape index (κ1) is 21.8. The maximum atomic E-state index is 11.2. The summed E-state index contributed by atoms with van der Waals surface area (Å²) in [5.41, 5.74) is 0. The number of nitrogens with one attached hydrogen (secondary N) is 1. The van der Waals surface area contributed by atoms with Crippen LogP contribution < -0.4 is 5.32 Å². The summed E-state index contributed by atoms with van der Waals surface area (Å²) in [6.45, 7) is 12.7. The molecular formula is C14H28N2O2. The van der Waals surface area contributed by atoms with Gasteiger partial charge in [0.1, 0.15) is 0 Å². The molecule has 4 nitrogen and oxygen atoms in total. The van der Waals surface area contributed by atoms with Crippen molar-refractivity contribution in [3.05, 3.63) is 0 Å². The van der Waals surface area contributed by atoms with Crippen molar-refractivity contribution in [3.8, 4) is 11.8 Å². The second kappa shape index (κ2) is 17.9. The molecule has 0 atom stereocenters. The quantitative estimate of drug-likeness (QED) is 0.620. The molecule has 0 aromatic rings. The Hall–Kier alpha value is -1.50. The van der Waals surface area contributed by atoms with Crippen LogP contribution in [0.25, 0.3) is 0 Å². The minimum Gasteiger partial charge on any atom is -0.351 e. The molecule has 0 fully saturated rings. The van der Waals surface area contributed by atoms with E-state index in [-0.39, 0.29) is 0 Å². The Balaban J connectivity index is -0.000000317. The topological polar surface area (TPSA) is 49.4 Å². The van der Waals surface area contributed by atoms with Gasteiger partial charge >= 0.3 is 11.8 Å². The lowest BCUT2D eigenvalue weighted by atomic mass is 10.4. The number of nitrogens with zero attached hydrogens (tertiary/aromatic N) is 1. The summed E-state index contributed by atoms with van der Waals surface area (Å²) in [6.07, 6.45) is 0.872. The average molecular weight is 256 g/mol. The van der Waals surface area contributed by atoms with Crippen LogP contribution in [0.4, 0.5) is 0 Å². The molecule has 0 radical (unpaired) electrons. The highest BCUT2D eigenvalue weighted by molar-refractivity contribution is 6.34. The van der Waals surface area contributed by atoms with E-state index in [1.165, 1.54) is 11.9 Å². The smallest absolute Gasteiger partial charge is 0.311 e. The molecule has 1 N–H and O–H groups in total. The normalized spacial score (nSPS) is 7.28. The first-order valence-electron chi connectivity index (χ1n) is 6.43. The molecular weight excluding hydrogens is 228 g/mol. The molecule has 4 heteroatoms. The second-order valence-corrected chi connectivity index (χ2v) is 2.96. The van der Waals surface area contributed by atoms with Crippen molar-refractivity contribution in [1.29, 1.82) is 0 Å². The summed E-state index contributed by atoms with van der Waals surface area (Å²) in [5.74, 6) is 4.38. The van der Waals surface area contributed by atoms with Crippen LogP contribution in [0.3, 0.4) is 0 Å². The molecule has 0 spiro atoms. The zero-order valence-electron chi connectivity index (χ0n) is 12.9. The standard InChI is InChI=1S/C8H16N2O2.C4H6.C2H6/c1-4-6-10(5-2)8(12)7(11)9-3;1-3-4-2;1-2/h4-6H2,1-3H3,(H,9,11);1-2H3;1-2H3. The molecule has 0 aromatic heterocycles. The van der Waals surface area contributed by atoms with Gasteiger partial charge in [-0.3, -0.25) is 9.59 Å². The Morgan fingerprint density at radius 1 is 1.11 bits per heavy atom. The summed E-state index contributed by atoms with van der Waals surface area (Å²) in [4.78, 5) is 23.6. The van der Waals surface area contributed by atoms with Gasteiger partial charge in [-0.1, -0.05) is 20.8 Å². The predicted molar refractivity (Wildman–Crippen MR) is 77.1 cm³/mol. The molecule has 0 saturated heterocycles. The van der Waals surface area contributed by atoms with E-state index in [0.717, 1.165) is 6.42 Å². The van der Waals surface area contributed by atoms with E-state index in [0.29, 0.717) is 13.1 Å². The number of hydrogen-bond acceptors (Lipinski definition) is 2. The molecule has 0 aliphatic carbocycles. The van der Waals surface area contributed by atoms with E-state index in [2.05, 4.69) is 17.2 Å². The van der Waals surface area contributed by atoms with Crippen LogP contribution in [0.15, 0.2) is 0 Å². The Morgan fingerprint density at radius 2 is 1.56 bits per heavy atom. The minimum atomic E-state index is -0.537. The Labute approximate surface area is 112 Å². The first-order chi connectivity index (χ1) is 8.58. The minimum absolute atomic E-state index is 0.443. The molecule has 106 valence electrons. The Morgan fingerprint density at radius 3 is 1.78 bits per heavy atom. The van der Waals surface area contributed by atoms with Gasteiger partial charge in [-0.05, 0) is 27.2 Å². The van der Waals surface area contributed by atoms with Gasteiger partial charge in [-0.2, -0.15) is 0 Å². The lowest BCUT2D eigenvalue weighted by molar-refractivity contribution is -0.145. The predicted octanol–water partition coefficient (Wildman–Crippen LogP) is 2.05. The van der Waals surface area contributed by atoms with E-state index in [1.54, 1.807) is 0 Å². The van der Waals surface area contributed by atoms with E-state index in [9.17, 15) is 9.59 Å². The van der Waals surface area contributed by atoms with Crippen molar-refractivity contribution < 1.29 is 9.59 Å². The summed E-state index contributed by atoms with van der Waals surface area (Å²) in [7, 11) is 1.46. The van der Waals surface area contributed by atoms with Crippen LogP contribution in [0.2, 0.25) is 0 Å². The van der Waals surface area contributed by atoms with Gasteiger partial charge in [0.2, 0.25) is 0 Å². The van der Waals surface area contributed by atoms with E-state index >= 15 is 0 Å². The fraction of sp³-hybridized carbons (Fsp3) is 0.714. The highest BCUT2D eigenvalue weighted by atomic mass is 16.2. The summed E-state index contributed by atoms with van der Waals surface area (Å²) >= 11 is 0. The van der Waals surface area contributed by atoms with E-state index in [4.69, 9.17) is 0 Å². The molecule has 0 saturated carbocycles. The van der Waals surface area contributed by atoms with Crippen molar-refractivity contribution in [1.82, 2.24) is 10.2 Å². The van der Waals surface area contributed by atoms with Gasteiger partial charge in [0.15, 0.2) is 0 Å². The van der Waals surface area contributed by atoms with Crippen LogP contribution >= 0.6 is 0 Å². The number of rotatable bonds is 3. The van der Waals surface area contributed by atoms with Crippen molar-refractivity contribution >= 4 is 11.8 Å². The summed E-state index contributed by atoms with van der Waals surface area (Å²) in [5, 5.41) is 2.31. The lowest BCUT2D eigenvalue weighted by Crippen LogP contribution is -2.41. The van der Waals surface area contributed by atoms with Crippen LogP contribution in [0, 0.1) is 11.8 Å².